The molecule has 2 rings (SSSR count). The highest BCUT2D eigenvalue weighted by Crippen LogP contribution is 2.34. The van der Waals surface area contributed by atoms with Gasteiger partial charge in [-0.05, 0) is 38.0 Å². The first-order valence-electron chi connectivity index (χ1n) is 6.94. The lowest BCUT2D eigenvalue weighted by atomic mass is 9.84. The normalized spacial score (nSPS) is 29.4. The molecule has 0 N–H and O–H groups in total. The van der Waals surface area contributed by atoms with Crippen molar-refractivity contribution in [2.45, 2.75) is 39.4 Å². The number of carbonyl (C=O) groups is 1. The van der Waals surface area contributed by atoms with E-state index in [0.29, 0.717) is 6.42 Å². The van der Waals surface area contributed by atoms with Gasteiger partial charge in [0.1, 0.15) is 11.5 Å². The summed E-state index contributed by atoms with van der Waals surface area (Å²) in [5.74, 6) is 1.21. The second kappa shape index (κ2) is 6.27. The number of hydrogen-bond acceptors (Lipinski definition) is 3. The first-order valence-corrected chi connectivity index (χ1v) is 7.74. The zero-order valence-corrected chi connectivity index (χ0v) is 13.9. The Kier molecular flexibility index (Phi) is 4.86. The van der Waals surface area contributed by atoms with Gasteiger partial charge in [-0.3, -0.25) is 4.79 Å². The first kappa shape index (κ1) is 15.5. The first-order chi connectivity index (χ1) is 9.43. The van der Waals surface area contributed by atoms with Crippen LogP contribution in [0.5, 0.6) is 5.75 Å². The number of hydrogen-bond donors (Lipinski definition) is 0. The average molecular weight is 341 g/mol. The van der Waals surface area contributed by atoms with Crippen molar-refractivity contribution in [3.8, 4) is 5.75 Å². The van der Waals surface area contributed by atoms with E-state index in [0.717, 1.165) is 15.8 Å². The van der Waals surface area contributed by atoms with E-state index < -0.39 is 0 Å². The van der Waals surface area contributed by atoms with Gasteiger partial charge in [0.15, 0.2) is 0 Å². The molecule has 0 bridgehead atoms. The van der Waals surface area contributed by atoms with Crippen LogP contribution >= 0.6 is 15.9 Å². The Morgan fingerprint density at radius 3 is 2.55 bits per heavy atom. The third-order valence-electron chi connectivity index (χ3n) is 4.22. The number of halogens is 1. The van der Waals surface area contributed by atoms with Gasteiger partial charge in [0.25, 0.3) is 0 Å². The van der Waals surface area contributed by atoms with Gasteiger partial charge in [0.05, 0.1) is 19.3 Å². The maximum atomic E-state index is 12.6. The maximum Gasteiger partial charge on any atom is 0.143 e. The lowest BCUT2D eigenvalue weighted by Crippen LogP contribution is -2.28. The minimum atomic E-state index is -0.0336. The van der Waals surface area contributed by atoms with Crippen molar-refractivity contribution in [3.05, 3.63) is 28.2 Å². The van der Waals surface area contributed by atoms with Crippen LogP contribution in [0.15, 0.2) is 22.7 Å². The van der Waals surface area contributed by atoms with E-state index in [1.54, 1.807) is 7.11 Å². The highest BCUT2D eigenvalue weighted by atomic mass is 79.9. The molecule has 110 valence electrons. The van der Waals surface area contributed by atoms with Crippen LogP contribution in [0, 0.1) is 11.8 Å². The van der Waals surface area contributed by atoms with Gasteiger partial charge in [0.2, 0.25) is 0 Å². The molecule has 0 aromatic heterocycles. The predicted molar refractivity (Wildman–Crippen MR) is 82.1 cm³/mol. The zero-order chi connectivity index (χ0) is 14.9. The molecule has 1 aromatic carbocycles. The summed E-state index contributed by atoms with van der Waals surface area (Å²) in [5.41, 5.74) is 0.922. The molecule has 0 amide bonds. The van der Waals surface area contributed by atoms with E-state index in [2.05, 4.69) is 22.9 Å². The third-order valence-corrected chi connectivity index (χ3v) is 4.71. The standard InChI is InChI=1S/C16H21BrO3/c1-9-10(2)20-11(3)16(9)14(18)8-12-7-13(17)5-6-15(12)19-4/h5-7,9-11,16H,8H2,1-4H3. The number of rotatable bonds is 4. The fraction of sp³-hybridized carbons (Fsp3) is 0.562. The van der Waals surface area contributed by atoms with Crippen molar-refractivity contribution >= 4 is 21.7 Å². The fourth-order valence-electron chi connectivity index (χ4n) is 3.01. The van der Waals surface area contributed by atoms with Crippen molar-refractivity contribution in [3.63, 3.8) is 0 Å². The van der Waals surface area contributed by atoms with E-state index in [4.69, 9.17) is 9.47 Å². The Morgan fingerprint density at radius 1 is 1.30 bits per heavy atom. The molecule has 0 radical (unpaired) electrons. The molecule has 0 spiro atoms. The van der Waals surface area contributed by atoms with E-state index >= 15 is 0 Å². The van der Waals surface area contributed by atoms with Gasteiger partial charge >= 0.3 is 0 Å². The smallest absolute Gasteiger partial charge is 0.143 e. The highest BCUT2D eigenvalue weighted by molar-refractivity contribution is 9.10. The second-order valence-electron chi connectivity index (χ2n) is 5.53. The molecular formula is C16H21BrO3. The molecule has 3 nitrogen and oxygen atoms in total. The van der Waals surface area contributed by atoms with Gasteiger partial charge in [-0.2, -0.15) is 0 Å². The Hall–Kier alpha value is -0.870. The maximum absolute atomic E-state index is 12.6. The van der Waals surface area contributed by atoms with Gasteiger partial charge in [-0.1, -0.05) is 22.9 Å². The van der Waals surface area contributed by atoms with E-state index in [1.807, 2.05) is 32.0 Å². The minimum Gasteiger partial charge on any atom is -0.496 e. The summed E-state index contributed by atoms with van der Waals surface area (Å²) in [5, 5.41) is 0. The summed E-state index contributed by atoms with van der Waals surface area (Å²) >= 11 is 3.44. The molecule has 1 aliphatic heterocycles. The number of ether oxygens (including phenoxy) is 2. The molecule has 1 fully saturated rings. The van der Waals surface area contributed by atoms with Crippen LogP contribution in [-0.2, 0) is 16.0 Å². The van der Waals surface area contributed by atoms with Crippen LogP contribution < -0.4 is 4.74 Å². The molecule has 0 saturated carbocycles. The summed E-state index contributed by atoms with van der Waals surface area (Å²) in [7, 11) is 1.63. The Balaban J connectivity index is 2.18. The molecule has 1 aromatic rings. The van der Waals surface area contributed by atoms with Gasteiger partial charge in [0, 0.05) is 22.4 Å². The molecule has 1 heterocycles. The molecule has 0 aliphatic carbocycles. The Morgan fingerprint density at radius 2 is 2.00 bits per heavy atom. The second-order valence-corrected chi connectivity index (χ2v) is 6.45. The number of carbonyl (C=O) groups excluding carboxylic acids is 1. The quantitative estimate of drug-likeness (QED) is 0.839. The monoisotopic (exact) mass is 340 g/mol. The van der Waals surface area contributed by atoms with Gasteiger partial charge in [-0.25, -0.2) is 0 Å². The summed E-state index contributed by atoms with van der Waals surface area (Å²) in [6.07, 6.45) is 0.520. The molecule has 1 aliphatic rings. The van der Waals surface area contributed by atoms with Crippen molar-refractivity contribution in [2.24, 2.45) is 11.8 Å². The lowest BCUT2D eigenvalue weighted by Gasteiger charge is -2.18. The molecule has 20 heavy (non-hydrogen) atoms. The van der Waals surface area contributed by atoms with Crippen LogP contribution in [0.4, 0.5) is 0 Å². The molecule has 4 atom stereocenters. The van der Waals surface area contributed by atoms with Crippen LogP contribution in [-0.4, -0.2) is 25.1 Å². The van der Waals surface area contributed by atoms with Crippen LogP contribution in [0.1, 0.15) is 26.3 Å². The summed E-state index contributed by atoms with van der Waals surface area (Å²) in [6.45, 7) is 6.11. The summed E-state index contributed by atoms with van der Waals surface area (Å²) in [4.78, 5) is 12.6. The molecular weight excluding hydrogens is 320 g/mol. The number of methoxy groups -OCH3 is 1. The van der Waals surface area contributed by atoms with E-state index in [-0.39, 0.29) is 29.8 Å². The summed E-state index contributed by atoms with van der Waals surface area (Å²) in [6, 6.07) is 5.75. The Bertz CT molecular complexity index is 500. The van der Waals surface area contributed by atoms with Crippen molar-refractivity contribution in [1.82, 2.24) is 0 Å². The van der Waals surface area contributed by atoms with Crippen molar-refractivity contribution in [1.29, 1.82) is 0 Å². The van der Waals surface area contributed by atoms with Crippen LogP contribution in [0.25, 0.3) is 0 Å². The summed E-state index contributed by atoms with van der Waals surface area (Å²) < 4.78 is 12.1. The number of benzene rings is 1. The largest absolute Gasteiger partial charge is 0.496 e. The van der Waals surface area contributed by atoms with Gasteiger partial charge < -0.3 is 9.47 Å². The van der Waals surface area contributed by atoms with Crippen LogP contribution in [0.2, 0.25) is 0 Å². The number of ketones is 1. The average Bonchev–Trinajstić information content (AvgIpc) is 2.63. The van der Waals surface area contributed by atoms with E-state index in [9.17, 15) is 4.79 Å². The van der Waals surface area contributed by atoms with E-state index in [1.165, 1.54) is 0 Å². The zero-order valence-electron chi connectivity index (χ0n) is 12.4. The Labute approximate surface area is 128 Å². The van der Waals surface area contributed by atoms with Gasteiger partial charge in [-0.15, -0.1) is 0 Å². The van der Waals surface area contributed by atoms with Crippen molar-refractivity contribution < 1.29 is 14.3 Å². The number of Topliss-reactive ketones (excluding diaryl/α,β-unsaturated/α-hetero) is 1. The lowest BCUT2D eigenvalue weighted by molar-refractivity contribution is -0.124. The predicted octanol–water partition coefficient (Wildman–Crippen LogP) is 3.63. The minimum absolute atomic E-state index is 0.00866. The van der Waals surface area contributed by atoms with Crippen LogP contribution in [0.3, 0.4) is 0 Å². The molecule has 4 unspecified atom stereocenters. The molecule has 4 heteroatoms. The third kappa shape index (κ3) is 3.07. The fourth-order valence-corrected chi connectivity index (χ4v) is 3.42. The highest BCUT2D eigenvalue weighted by Gasteiger charge is 2.41. The topological polar surface area (TPSA) is 35.5 Å². The van der Waals surface area contributed by atoms with Crippen molar-refractivity contribution in [2.75, 3.05) is 7.11 Å². The molecule has 1 saturated heterocycles. The SMILES string of the molecule is COc1ccc(Br)cc1CC(=O)C1C(C)OC(C)C1C.